The summed E-state index contributed by atoms with van der Waals surface area (Å²) >= 11 is 0. The average molecular weight is 222 g/mol. The Kier molecular flexibility index (Phi) is 4.35. The Morgan fingerprint density at radius 1 is 1.38 bits per heavy atom. The minimum absolute atomic E-state index is 0.312. The zero-order chi connectivity index (χ0) is 12.1. The maximum absolute atomic E-state index is 11.3. The highest BCUT2D eigenvalue weighted by atomic mass is 16.5. The zero-order valence-electron chi connectivity index (χ0n) is 10.2. The number of esters is 1. The Bertz CT molecular complexity index is 369. The number of aryl methyl sites for hydroxylation is 1. The first kappa shape index (κ1) is 12.6. The predicted molar refractivity (Wildman–Crippen MR) is 62.9 cm³/mol. The Morgan fingerprint density at radius 3 is 2.56 bits per heavy atom. The van der Waals surface area contributed by atoms with Crippen LogP contribution in [0.3, 0.4) is 0 Å². The van der Waals surface area contributed by atoms with Crippen LogP contribution in [0.1, 0.15) is 29.8 Å². The van der Waals surface area contributed by atoms with E-state index in [1.807, 2.05) is 13.0 Å². The summed E-state index contributed by atoms with van der Waals surface area (Å²) in [5.74, 6) is 0.965. The minimum atomic E-state index is -0.312. The van der Waals surface area contributed by atoms with Crippen LogP contribution in [-0.2, 0) is 4.74 Å². The van der Waals surface area contributed by atoms with E-state index in [1.165, 1.54) is 7.11 Å². The summed E-state index contributed by atoms with van der Waals surface area (Å²) in [6.07, 6.45) is 0. The van der Waals surface area contributed by atoms with Gasteiger partial charge in [-0.1, -0.05) is 13.8 Å². The second kappa shape index (κ2) is 5.54. The molecule has 3 heteroatoms. The Balaban J connectivity index is 2.78. The van der Waals surface area contributed by atoms with Crippen LogP contribution in [0, 0.1) is 12.8 Å². The molecule has 0 amide bonds. The van der Waals surface area contributed by atoms with Crippen LogP contribution in [0.5, 0.6) is 5.75 Å². The minimum Gasteiger partial charge on any atom is -0.493 e. The number of rotatable bonds is 4. The highest BCUT2D eigenvalue weighted by Gasteiger charge is 2.09. The van der Waals surface area contributed by atoms with Crippen molar-refractivity contribution in [3.8, 4) is 5.75 Å². The van der Waals surface area contributed by atoms with E-state index in [0.29, 0.717) is 18.1 Å². The topological polar surface area (TPSA) is 35.5 Å². The van der Waals surface area contributed by atoms with E-state index >= 15 is 0 Å². The normalized spacial score (nSPS) is 10.3. The van der Waals surface area contributed by atoms with Crippen LogP contribution in [0.2, 0.25) is 0 Å². The molecule has 0 heterocycles. The molecule has 3 nitrogen and oxygen atoms in total. The van der Waals surface area contributed by atoms with Gasteiger partial charge >= 0.3 is 5.97 Å². The average Bonchev–Trinajstić information content (AvgIpc) is 2.25. The first-order chi connectivity index (χ1) is 7.54. The number of carbonyl (C=O) groups is 1. The zero-order valence-corrected chi connectivity index (χ0v) is 10.2. The molecule has 88 valence electrons. The van der Waals surface area contributed by atoms with Gasteiger partial charge in [-0.25, -0.2) is 4.79 Å². The van der Waals surface area contributed by atoms with Crippen molar-refractivity contribution in [1.29, 1.82) is 0 Å². The van der Waals surface area contributed by atoms with E-state index in [2.05, 4.69) is 18.6 Å². The van der Waals surface area contributed by atoms with E-state index < -0.39 is 0 Å². The molecule has 0 bridgehead atoms. The quantitative estimate of drug-likeness (QED) is 0.735. The number of hydrogen-bond acceptors (Lipinski definition) is 3. The first-order valence-corrected chi connectivity index (χ1v) is 5.36. The lowest BCUT2D eigenvalue weighted by atomic mass is 10.1. The van der Waals surface area contributed by atoms with Gasteiger partial charge in [0.2, 0.25) is 0 Å². The second-order valence-electron chi connectivity index (χ2n) is 4.17. The van der Waals surface area contributed by atoms with Gasteiger partial charge in [0.05, 0.1) is 19.3 Å². The smallest absolute Gasteiger partial charge is 0.338 e. The molecule has 1 aromatic carbocycles. The maximum atomic E-state index is 11.3. The summed E-state index contributed by atoms with van der Waals surface area (Å²) in [6.45, 7) is 6.73. The highest BCUT2D eigenvalue weighted by Crippen LogP contribution is 2.18. The van der Waals surface area contributed by atoms with E-state index in [4.69, 9.17) is 4.74 Å². The molecule has 0 saturated heterocycles. The number of carbonyl (C=O) groups excluding carboxylic acids is 1. The molecule has 0 unspecified atom stereocenters. The van der Waals surface area contributed by atoms with Crippen LogP contribution in [0.25, 0.3) is 0 Å². The largest absolute Gasteiger partial charge is 0.493 e. The SMILES string of the molecule is COC(=O)c1ccc(OCC(C)C)cc1C. The summed E-state index contributed by atoms with van der Waals surface area (Å²) < 4.78 is 10.2. The van der Waals surface area contributed by atoms with Gasteiger partial charge in [-0.05, 0) is 36.6 Å². The fourth-order valence-electron chi connectivity index (χ4n) is 1.33. The molecule has 0 aliphatic rings. The van der Waals surface area contributed by atoms with Crippen LogP contribution in [0.4, 0.5) is 0 Å². The van der Waals surface area contributed by atoms with Gasteiger partial charge in [0.15, 0.2) is 0 Å². The van der Waals surface area contributed by atoms with Gasteiger partial charge in [0, 0.05) is 0 Å². The number of methoxy groups -OCH3 is 1. The van der Waals surface area contributed by atoms with Crippen molar-refractivity contribution < 1.29 is 14.3 Å². The van der Waals surface area contributed by atoms with Crippen LogP contribution in [-0.4, -0.2) is 19.7 Å². The molecule has 16 heavy (non-hydrogen) atoms. The third-order valence-corrected chi connectivity index (χ3v) is 2.19. The molecule has 0 N–H and O–H groups in total. The van der Waals surface area contributed by atoms with Crippen molar-refractivity contribution in [1.82, 2.24) is 0 Å². The van der Waals surface area contributed by atoms with E-state index in [0.717, 1.165) is 11.3 Å². The molecule has 0 aromatic heterocycles. The van der Waals surface area contributed by atoms with Crippen molar-refractivity contribution in [3.63, 3.8) is 0 Å². The molecule has 1 aromatic rings. The monoisotopic (exact) mass is 222 g/mol. The van der Waals surface area contributed by atoms with Crippen molar-refractivity contribution in [2.24, 2.45) is 5.92 Å². The molecular weight excluding hydrogens is 204 g/mol. The number of ether oxygens (including phenoxy) is 2. The van der Waals surface area contributed by atoms with Crippen LogP contribution >= 0.6 is 0 Å². The van der Waals surface area contributed by atoms with E-state index in [1.54, 1.807) is 12.1 Å². The molecule has 0 aliphatic heterocycles. The van der Waals surface area contributed by atoms with Crippen molar-refractivity contribution in [2.45, 2.75) is 20.8 Å². The predicted octanol–water partition coefficient (Wildman–Crippen LogP) is 2.82. The molecule has 0 radical (unpaired) electrons. The molecule has 0 spiro atoms. The molecule has 0 atom stereocenters. The molecule has 0 aliphatic carbocycles. The van der Waals surface area contributed by atoms with E-state index in [9.17, 15) is 4.79 Å². The Morgan fingerprint density at radius 2 is 2.06 bits per heavy atom. The third kappa shape index (κ3) is 3.26. The van der Waals surface area contributed by atoms with Gasteiger partial charge in [0.1, 0.15) is 5.75 Å². The van der Waals surface area contributed by atoms with Crippen molar-refractivity contribution in [3.05, 3.63) is 29.3 Å². The van der Waals surface area contributed by atoms with Gasteiger partial charge < -0.3 is 9.47 Å². The molecular formula is C13H18O3. The Hall–Kier alpha value is -1.51. The first-order valence-electron chi connectivity index (χ1n) is 5.36. The van der Waals surface area contributed by atoms with E-state index in [-0.39, 0.29) is 5.97 Å². The number of benzene rings is 1. The van der Waals surface area contributed by atoms with Gasteiger partial charge in [-0.15, -0.1) is 0 Å². The lowest BCUT2D eigenvalue weighted by molar-refractivity contribution is 0.0600. The summed E-state index contributed by atoms with van der Waals surface area (Å²) in [6, 6.07) is 5.38. The maximum Gasteiger partial charge on any atom is 0.338 e. The lowest BCUT2D eigenvalue weighted by Crippen LogP contribution is -2.06. The summed E-state index contributed by atoms with van der Waals surface area (Å²) in [4.78, 5) is 11.3. The van der Waals surface area contributed by atoms with Crippen LogP contribution in [0.15, 0.2) is 18.2 Å². The highest BCUT2D eigenvalue weighted by molar-refractivity contribution is 5.91. The number of hydrogen-bond donors (Lipinski definition) is 0. The van der Waals surface area contributed by atoms with Gasteiger partial charge in [-0.2, -0.15) is 0 Å². The molecule has 0 fully saturated rings. The molecule has 1 rings (SSSR count). The summed E-state index contributed by atoms with van der Waals surface area (Å²) in [5, 5.41) is 0. The van der Waals surface area contributed by atoms with Gasteiger partial charge in [0.25, 0.3) is 0 Å². The lowest BCUT2D eigenvalue weighted by Gasteiger charge is -2.10. The Labute approximate surface area is 96.4 Å². The standard InChI is InChI=1S/C13H18O3/c1-9(2)8-16-11-5-6-12(10(3)7-11)13(14)15-4/h5-7,9H,8H2,1-4H3. The fraction of sp³-hybridized carbons (Fsp3) is 0.462. The fourth-order valence-corrected chi connectivity index (χ4v) is 1.33. The van der Waals surface area contributed by atoms with Crippen LogP contribution < -0.4 is 4.74 Å². The molecule has 0 saturated carbocycles. The van der Waals surface area contributed by atoms with Crippen molar-refractivity contribution in [2.75, 3.05) is 13.7 Å². The summed E-state index contributed by atoms with van der Waals surface area (Å²) in [5.41, 5.74) is 1.45. The second-order valence-corrected chi connectivity index (χ2v) is 4.17. The van der Waals surface area contributed by atoms with Gasteiger partial charge in [-0.3, -0.25) is 0 Å². The third-order valence-electron chi connectivity index (χ3n) is 2.19. The van der Waals surface area contributed by atoms with Crippen molar-refractivity contribution >= 4 is 5.97 Å². The summed E-state index contributed by atoms with van der Waals surface area (Å²) in [7, 11) is 1.38.